The standard InChI is InChI=1S/C11H19N5O4/c1-14(2)6-9(17)12-13-10(18)8-4-3-7-5-15(8)11(19)16(7)20/h7-8,20H,3-6H2,1-2H3,(H,12,17)(H,13,18)/t7-,8+/m0/s1. The molecule has 0 unspecified atom stereocenters. The Bertz CT molecular complexity index is 427. The SMILES string of the molecule is CN(C)CC(=O)NNC(=O)[C@H]1CC[C@H]2CN1C(=O)N2O. The average Bonchev–Trinajstić information content (AvgIpc) is 2.61. The van der Waals surface area contributed by atoms with Gasteiger partial charge in [-0.2, -0.15) is 0 Å². The Kier molecular flexibility index (Phi) is 4.09. The van der Waals surface area contributed by atoms with Gasteiger partial charge in [0.1, 0.15) is 6.04 Å². The third kappa shape index (κ3) is 2.83. The first kappa shape index (κ1) is 14.5. The number of amides is 4. The van der Waals surface area contributed by atoms with Crippen molar-refractivity contribution in [2.75, 3.05) is 27.2 Å². The lowest BCUT2D eigenvalue weighted by Crippen LogP contribution is -2.55. The molecule has 112 valence electrons. The molecule has 2 atom stereocenters. The van der Waals surface area contributed by atoms with E-state index in [2.05, 4.69) is 10.9 Å². The molecule has 0 spiro atoms. The summed E-state index contributed by atoms with van der Waals surface area (Å²) in [4.78, 5) is 38.1. The Balaban J connectivity index is 1.87. The van der Waals surface area contributed by atoms with E-state index in [9.17, 15) is 19.6 Å². The van der Waals surface area contributed by atoms with Gasteiger partial charge in [-0.05, 0) is 26.9 Å². The first-order valence-electron chi connectivity index (χ1n) is 6.42. The maximum atomic E-state index is 12.0. The number of rotatable bonds is 3. The van der Waals surface area contributed by atoms with Gasteiger partial charge < -0.3 is 9.80 Å². The molecule has 0 saturated carbocycles. The molecule has 4 amide bonds. The van der Waals surface area contributed by atoms with Crippen LogP contribution < -0.4 is 10.9 Å². The molecule has 20 heavy (non-hydrogen) atoms. The number of fused-ring (bicyclic) bond motifs is 2. The molecule has 2 aliphatic heterocycles. The van der Waals surface area contributed by atoms with Gasteiger partial charge in [-0.15, -0.1) is 0 Å². The molecule has 2 saturated heterocycles. The van der Waals surface area contributed by atoms with Crippen molar-refractivity contribution in [3.63, 3.8) is 0 Å². The highest BCUT2D eigenvalue weighted by Crippen LogP contribution is 2.28. The molecule has 9 nitrogen and oxygen atoms in total. The fraction of sp³-hybridized carbons (Fsp3) is 0.727. The minimum Gasteiger partial charge on any atom is -0.309 e. The molecule has 0 aromatic rings. The largest absolute Gasteiger partial charge is 0.344 e. The summed E-state index contributed by atoms with van der Waals surface area (Å²) in [6, 6.07) is -1.46. The van der Waals surface area contributed by atoms with Crippen molar-refractivity contribution in [2.45, 2.75) is 24.9 Å². The van der Waals surface area contributed by atoms with Crippen LogP contribution in [0.2, 0.25) is 0 Å². The van der Waals surface area contributed by atoms with Crippen molar-refractivity contribution in [3.05, 3.63) is 0 Å². The summed E-state index contributed by atoms with van der Waals surface area (Å²) >= 11 is 0. The molecule has 0 aliphatic carbocycles. The van der Waals surface area contributed by atoms with Crippen LogP contribution in [0, 0.1) is 0 Å². The van der Waals surface area contributed by atoms with Gasteiger partial charge in [0.2, 0.25) is 0 Å². The topological polar surface area (TPSA) is 105 Å². The Morgan fingerprint density at radius 2 is 2.05 bits per heavy atom. The third-order valence-corrected chi connectivity index (χ3v) is 3.43. The number of piperidine rings is 1. The number of carbonyl (C=O) groups excluding carboxylic acids is 3. The van der Waals surface area contributed by atoms with Crippen molar-refractivity contribution < 1.29 is 19.6 Å². The predicted octanol–water partition coefficient (Wildman–Crippen LogP) is -1.65. The van der Waals surface area contributed by atoms with Crippen LogP contribution in [0.5, 0.6) is 0 Å². The van der Waals surface area contributed by atoms with E-state index >= 15 is 0 Å². The molecule has 2 aliphatic rings. The molecule has 0 radical (unpaired) electrons. The normalized spacial score (nSPS) is 25.1. The zero-order valence-corrected chi connectivity index (χ0v) is 11.5. The number of hydrazine groups is 1. The Hall–Kier alpha value is -1.87. The van der Waals surface area contributed by atoms with E-state index < -0.39 is 18.0 Å². The lowest BCUT2D eigenvalue weighted by molar-refractivity contribution is -0.132. The van der Waals surface area contributed by atoms with E-state index in [1.54, 1.807) is 19.0 Å². The fourth-order valence-electron chi connectivity index (χ4n) is 2.46. The maximum absolute atomic E-state index is 12.0. The zero-order chi connectivity index (χ0) is 14.9. The van der Waals surface area contributed by atoms with Crippen LogP contribution in [0.3, 0.4) is 0 Å². The Morgan fingerprint density at radius 1 is 1.35 bits per heavy atom. The maximum Gasteiger partial charge on any atom is 0.344 e. The molecule has 2 rings (SSSR count). The van der Waals surface area contributed by atoms with Gasteiger partial charge in [0.05, 0.1) is 12.6 Å². The van der Waals surface area contributed by atoms with E-state index in [0.717, 1.165) is 0 Å². The van der Waals surface area contributed by atoms with Crippen molar-refractivity contribution in [3.8, 4) is 0 Å². The number of urea groups is 1. The van der Waals surface area contributed by atoms with Crippen LogP contribution in [-0.2, 0) is 9.59 Å². The van der Waals surface area contributed by atoms with Crippen molar-refractivity contribution >= 4 is 17.8 Å². The number of hydrogen-bond donors (Lipinski definition) is 3. The van der Waals surface area contributed by atoms with Crippen LogP contribution in [-0.4, -0.2) is 77.2 Å². The summed E-state index contributed by atoms with van der Waals surface area (Å²) < 4.78 is 0. The summed E-state index contributed by atoms with van der Waals surface area (Å²) in [6.45, 7) is 0.485. The van der Waals surface area contributed by atoms with Crippen LogP contribution in [0.4, 0.5) is 4.79 Å². The summed E-state index contributed by atoms with van der Waals surface area (Å²) in [5, 5.41) is 10.2. The van der Waals surface area contributed by atoms with Gasteiger partial charge in [-0.3, -0.25) is 25.6 Å². The van der Waals surface area contributed by atoms with Gasteiger partial charge in [-0.1, -0.05) is 0 Å². The summed E-state index contributed by atoms with van der Waals surface area (Å²) in [5.74, 6) is -0.784. The second kappa shape index (κ2) is 5.63. The molecule has 3 N–H and O–H groups in total. The summed E-state index contributed by atoms with van der Waals surface area (Å²) in [6.07, 6.45) is 1.02. The predicted molar refractivity (Wildman–Crippen MR) is 67.4 cm³/mol. The molecule has 9 heteroatoms. The molecule has 2 fully saturated rings. The van der Waals surface area contributed by atoms with Crippen molar-refractivity contribution in [2.24, 2.45) is 0 Å². The van der Waals surface area contributed by atoms with Gasteiger partial charge in [-0.25, -0.2) is 9.86 Å². The van der Waals surface area contributed by atoms with E-state index in [1.165, 1.54) is 4.90 Å². The van der Waals surface area contributed by atoms with E-state index in [4.69, 9.17) is 0 Å². The van der Waals surface area contributed by atoms with E-state index in [-0.39, 0.29) is 18.5 Å². The number of nitrogens with one attached hydrogen (secondary N) is 2. The molecule has 0 aromatic heterocycles. The van der Waals surface area contributed by atoms with Gasteiger partial charge in [0, 0.05) is 6.54 Å². The van der Waals surface area contributed by atoms with E-state index in [1.807, 2.05) is 0 Å². The first-order chi connectivity index (χ1) is 9.40. The lowest BCUT2D eigenvalue weighted by atomic mass is 10.0. The second-order valence-electron chi connectivity index (χ2n) is 5.30. The van der Waals surface area contributed by atoms with Gasteiger partial charge in [0.15, 0.2) is 0 Å². The van der Waals surface area contributed by atoms with Gasteiger partial charge >= 0.3 is 6.03 Å². The molecular formula is C11H19N5O4. The van der Waals surface area contributed by atoms with Crippen LogP contribution in [0.25, 0.3) is 0 Å². The average molecular weight is 285 g/mol. The van der Waals surface area contributed by atoms with Crippen molar-refractivity contribution in [1.82, 2.24) is 25.7 Å². The molecule has 2 bridgehead atoms. The molecule has 2 heterocycles. The number of likely N-dealkylation sites (N-methyl/N-ethyl adjacent to an activating group) is 1. The monoisotopic (exact) mass is 285 g/mol. The lowest BCUT2D eigenvalue weighted by Gasteiger charge is -2.29. The number of hydrogen-bond acceptors (Lipinski definition) is 5. The number of nitrogens with zero attached hydrogens (tertiary/aromatic N) is 3. The van der Waals surface area contributed by atoms with Crippen LogP contribution in [0.1, 0.15) is 12.8 Å². The minimum absolute atomic E-state index is 0.153. The van der Waals surface area contributed by atoms with Crippen LogP contribution >= 0.6 is 0 Å². The highest BCUT2D eigenvalue weighted by Gasteiger charge is 2.46. The molecule has 0 aromatic carbocycles. The highest BCUT2D eigenvalue weighted by molar-refractivity contribution is 5.90. The van der Waals surface area contributed by atoms with Crippen LogP contribution in [0.15, 0.2) is 0 Å². The third-order valence-electron chi connectivity index (χ3n) is 3.43. The smallest absolute Gasteiger partial charge is 0.309 e. The highest BCUT2D eigenvalue weighted by atomic mass is 16.5. The molecular weight excluding hydrogens is 266 g/mol. The van der Waals surface area contributed by atoms with Crippen molar-refractivity contribution in [1.29, 1.82) is 0 Å². The zero-order valence-electron chi connectivity index (χ0n) is 11.5. The quantitative estimate of drug-likeness (QED) is 0.426. The Morgan fingerprint density at radius 3 is 2.70 bits per heavy atom. The van der Waals surface area contributed by atoms with E-state index in [0.29, 0.717) is 24.4 Å². The first-order valence-corrected chi connectivity index (χ1v) is 6.42. The Labute approximate surface area is 116 Å². The van der Waals surface area contributed by atoms with Gasteiger partial charge in [0.25, 0.3) is 11.8 Å². The summed E-state index contributed by atoms with van der Waals surface area (Å²) in [7, 11) is 3.48. The number of hydroxylamine groups is 2. The fourth-order valence-corrected chi connectivity index (χ4v) is 2.46. The summed E-state index contributed by atoms with van der Waals surface area (Å²) in [5.41, 5.74) is 4.62. The number of carbonyl (C=O) groups is 3. The minimum atomic E-state index is -0.657. The second-order valence-corrected chi connectivity index (χ2v) is 5.30.